The van der Waals surface area contributed by atoms with Gasteiger partial charge in [0.2, 0.25) is 0 Å². The molecule has 1 atom stereocenters. The summed E-state index contributed by atoms with van der Waals surface area (Å²) in [6.07, 6.45) is 3.61. The number of pyridine rings is 1. The molecule has 0 aromatic carbocycles. The number of guanidine groups is 1. The summed E-state index contributed by atoms with van der Waals surface area (Å²) in [5.41, 5.74) is 6.76. The molecule has 5 heteroatoms. The highest BCUT2D eigenvalue weighted by molar-refractivity contribution is 5.85. The van der Waals surface area contributed by atoms with Gasteiger partial charge in [0.15, 0.2) is 5.96 Å². The van der Waals surface area contributed by atoms with Crippen LogP contribution in [0.4, 0.5) is 0 Å². The first kappa shape index (κ1) is 10.8. The normalized spacial score (nSPS) is 20.3. The maximum atomic E-state index is 5.50. The molecule has 76 valence electrons. The van der Waals surface area contributed by atoms with E-state index in [4.69, 9.17) is 5.73 Å². The standard InChI is InChI=1S/C9H12N4.ClH/c10-9-12-5-8(6-13-9)7-1-3-11-4-2-7;/h1-4,8H,5-6H2,(H3,10,12,13);1H. The van der Waals surface area contributed by atoms with Crippen LogP contribution in [0.5, 0.6) is 0 Å². The van der Waals surface area contributed by atoms with Crippen LogP contribution in [0.2, 0.25) is 0 Å². The van der Waals surface area contributed by atoms with Crippen molar-refractivity contribution >= 4 is 18.4 Å². The van der Waals surface area contributed by atoms with Crippen molar-refractivity contribution in [3.05, 3.63) is 30.1 Å². The van der Waals surface area contributed by atoms with E-state index in [0.29, 0.717) is 11.9 Å². The lowest BCUT2D eigenvalue weighted by atomic mass is 10.00. The number of nitrogens with one attached hydrogen (secondary N) is 1. The maximum Gasteiger partial charge on any atom is 0.188 e. The number of aromatic nitrogens is 1. The first-order chi connectivity index (χ1) is 6.36. The van der Waals surface area contributed by atoms with Gasteiger partial charge in [-0.2, -0.15) is 0 Å². The number of nitrogens with two attached hydrogens (primary N) is 1. The Morgan fingerprint density at radius 1 is 1.36 bits per heavy atom. The predicted molar refractivity (Wildman–Crippen MR) is 58.7 cm³/mol. The van der Waals surface area contributed by atoms with Crippen LogP contribution in [-0.2, 0) is 0 Å². The average Bonchev–Trinajstić information content (AvgIpc) is 2.20. The molecule has 14 heavy (non-hydrogen) atoms. The number of rotatable bonds is 1. The van der Waals surface area contributed by atoms with Crippen molar-refractivity contribution < 1.29 is 0 Å². The second-order valence-electron chi connectivity index (χ2n) is 3.08. The number of aliphatic imine (C=N–C) groups is 1. The van der Waals surface area contributed by atoms with Gasteiger partial charge >= 0.3 is 0 Å². The molecule has 1 aromatic heterocycles. The number of hydrogen-bond acceptors (Lipinski definition) is 4. The summed E-state index contributed by atoms with van der Waals surface area (Å²) >= 11 is 0. The van der Waals surface area contributed by atoms with Gasteiger partial charge in [0.25, 0.3) is 0 Å². The van der Waals surface area contributed by atoms with E-state index in [2.05, 4.69) is 15.3 Å². The zero-order valence-electron chi connectivity index (χ0n) is 7.68. The zero-order valence-corrected chi connectivity index (χ0v) is 8.50. The number of hydrogen-bond donors (Lipinski definition) is 2. The third kappa shape index (κ3) is 2.35. The minimum absolute atomic E-state index is 0. The molecule has 0 saturated carbocycles. The highest BCUT2D eigenvalue weighted by Crippen LogP contribution is 2.15. The molecule has 1 aromatic rings. The SMILES string of the molecule is Cl.NC1=NCC(c2ccncc2)CN1. The van der Waals surface area contributed by atoms with Crippen LogP contribution in [0.3, 0.4) is 0 Å². The van der Waals surface area contributed by atoms with Crippen molar-refractivity contribution in [2.24, 2.45) is 10.7 Å². The van der Waals surface area contributed by atoms with Crippen LogP contribution in [0.1, 0.15) is 11.5 Å². The van der Waals surface area contributed by atoms with Crippen LogP contribution in [0.25, 0.3) is 0 Å². The second kappa shape index (κ2) is 4.81. The van der Waals surface area contributed by atoms with Gasteiger partial charge < -0.3 is 11.1 Å². The van der Waals surface area contributed by atoms with Gasteiger partial charge in [0.1, 0.15) is 0 Å². The van der Waals surface area contributed by atoms with E-state index >= 15 is 0 Å². The number of nitrogens with zero attached hydrogens (tertiary/aromatic N) is 2. The van der Waals surface area contributed by atoms with Gasteiger partial charge in [-0.05, 0) is 17.7 Å². The molecule has 0 fully saturated rings. The molecule has 2 heterocycles. The van der Waals surface area contributed by atoms with Crippen molar-refractivity contribution in [1.82, 2.24) is 10.3 Å². The number of halogens is 1. The fraction of sp³-hybridized carbons (Fsp3) is 0.333. The Hall–Kier alpha value is -1.29. The monoisotopic (exact) mass is 212 g/mol. The third-order valence-electron chi connectivity index (χ3n) is 2.19. The molecule has 4 nitrogen and oxygen atoms in total. The van der Waals surface area contributed by atoms with Gasteiger partial charge in [-0.15, -0.1) is 12.4 Å². The predicted octanol–water partition coefficient (Wildman–Crippen LogP) is 0.505. The van der Waals surface area contributed by atoms with E-state index < -0.39 is 0 Å². The topological polar surface area (TPSA) is 63.3 Å². The summed E-state index contributed by atoms with van der Waals surface area (Å²) in [5.74, 6) is 0.973. The lowest BCUT2D eigenvalue weighted by Gasteiger charge is -2.20. The second-order valence-corrected chi connectivity index (χ2v) is 3.08. The molecule has 2 rings (SSSR count). The fourth-order valence-corrected chi connectivity index (χ4v) is 1.42. The van der Waals surface area contributed by atoms with Gasteiger partial charge in [-0.25, -0.2) is 0 Å². The minimum atomic E-state index is 0. The Kier molecular flexibility index (Phi) is 3.71. The molecule has 1 aliphatic rings. The summed E-state index contributed by atoms with van der Waals surface area (Å²) in [7, 11) is 0. The Morgan fingerprint density at radius 2 is 2.07 bits per heavy atom. The summed E-state index contributed by atoms with van der Waals surface area (Å²) in [5, 5.41) is 3.04. The molecular formula is C9H13ClN4. The zero-order chi connectivity index (χ0) is 9.10. The molecule has 1 unspecified atom stereocenters. The summed E-state index contributed by atoms with van der Waals surface area (Å²) in [6.45, 7) is 1.63. The lowest BCUT2D eigenvalue weighted by molar-refractivity contribution is 0.634. The van der Waals surface area contributed by atoms with E-state index in [0.717, 1.165) is 13.1 Å². The van der Waals surface area contributed by atoms with Gasteiger partial charge in [-0.1, -0.05) is 0 Å². The molecule has 0 amide bonds. The van der Waals surface area contributed by atoms with Crippen molar-refractivity contribution in [3.8, 4) is 0 Å². The van der Waals surface area contributed by atoms with Crippen molar-refractivity contribution in [1.29, 1.82) is 0 Å². The van der Waals surface area contributed by atoms with Crippen molar-refractivity contribution in [2.75, 3.05) is 13.1 Å². The molecule has 1 aliphatic heterocycles. The van der Waals surface area contributed by atoms with Crippen LogP contribution in [0, 0.1) is 0 Å². The fourth-order valence-electron chi connectivity index (χ4n) is 1.42. The van der Waals surface area contributed by atoms with Gasteiger partial charge in [0, 0.05) is 24.9 Å². The third-order valence-corrected chi connectivity index (χ3v) is 2.19. The van der Waals surface area contributed by atoms with E-state index in [1.807, 2.05) is 12.1 Å². The minimum Gasteiger partial charge on any atom is -0.370 e. The Labute approximate surface area is 89.0 Å². The van der Waals surface area contributed by atoms with Crippen molar-refractivity contribution in [3.63, 3.8) is 0 Å². The molecule has 0 radical (unpaired) electrons. The van der Waals surface area contributed by atoms with E-state index in [-0.39, 0.29) is 12.4 Å². The Morgan fingerprint density at radius 3 is 2.64 bits per heavy atom. The average molecular weight is 213 g/mol. The first-order valence-corrected chi connectivity index (χ1v) is 4.30. The maximum absolute atomic E-state index is 5.50. The quantitative estimate of drug-likeness (QED) is 0.713. The molecule has 0 bridgehead atoms. The molecule has 0 aliphatic carbocycles. The smallest absolute Gasteiger partial charge is 0.188 e. The van der Waals surface area contributed by atoms with Crippen LogP contribution >= 0.6 is 12.4 Å². The van der Waals surface area contributed by atoms with Crippen LogP contribution in [0.15, 0.2) is 29.5 Å². The largest absolute Gasteiger partial charge is 0.370 e. The van der Waals surface area contributed by atoms with Crippen LogP contribution in [-0.4, -0.2) is 24.0 Å². The first-order valence-electron chi connectivity index (χ1n) is 4.30. The van der Waals surface area contributed by atoms with E-state index in [1.165, 1.54) is 5.56 Å². The molecular weight excluding hydrogens is 200 g/mol. The molecule has 0 saturated heterocycles. The van der Waals surface area contributed by atoms with Crippen molar-refractivity contribution in [2.45, 2.75) is 5.92 Å². The lowest BCUT2D eigenvalue weighted by Crippen LogP contribution is -2.39. The van der Waals surface area contributed by atoms with Gasteiger partial charge in [0.05, 0.1) is 6.54 Å². The Bertz CT molecular complexity index is 312. The van der Waals surface area contributed by atoms with E-state index in [1.54, 1.807) is 12.4 Å². The van der Waals surface area contributed by atoms with Crippen LogP contribution < -0.4 is 11.1 Å². The summed E-state index contributed by atoms with van der Waals surface area (Å²) < 4.78 is 0. The highest BCUT2D eigenvalue weighted by atomic mass is 35.5. The summed E-state index contributed by atoms with van der Waals surface area (Å²) in [4.78, 5) is 8.12. The summed E-state index contributed by atoms with van der Waals surface area (Å²) in [6, 6.07) is 4.03. The van der Waals surface area contributed by atoms with E-state index in [9.17, 15) is 0 Å². The van der Waals surface area contributed by atoms with Gasteiger partial charge in [-0.3, -0.25) is 9.98 Å². The molecule has 0 spiro atoms. The molecule has 3 N–H and O–H groups in total. The highest BCUT2D eigenvalue weighted by Gasteiger charge is 2.14. The Balaban J connectivity index is 0.000000980.